The van der Waals surface area contributed by atoms with E-state index in [4.69, 9.17) is 0 Å². The van der Waals surface area contributed by atoms with E-state index in [1.165, 1.54) is 0 Å². The van der Waals surface area contributed by atoms with Gasteiger partial charge in [-0.05, 0) is 0 Å². The summed E-state index contributed by atoms with van der Waals surface area (Å²) in [5.41, 5.74) is 0. The van der Waals surface area contributed by atoms with E-state index in [1.807, 2.05) is 0 Å². The Bertz CT molecular complexity index is 11.7. The molecule has 7 heteroatoms. The Morgan fingerprint density at radius 2 is 0.571 bits per heavy atom. The van der Waals surface area contributed by atoms with Gasteiger partial charge in [-0.1, -0.05) is 0 Å². The van der Waals surface area contributed by atoms with E-state index in [2.05, 4.69) is 0 Å². The van der Waals surface area contributed by atoms with Gasteiger partial charge in [-0.25, -0.2) is 0 Å². The zero-order valence-electron chi connectivity index (χ0n) is 3.71. The predicted octanol–water partition coefficient (Wildman–Crippen LogP) is -3.85. The summed E-state index contributed by atoms with van der Waals surface area (Å²) < 4.78 is 0. The first-order valence-corrected chi connectivity index (χ1v) is 0. The molecule has 0 radical (unpaired) electrons. The van der Waals surface area contributed by atoms with Crippen LogP contribution in [0.15, 0.2) is 0 Å². The van der Waals surface area contributed by atoms with Crippen LogP contribution >= 0.6 is 0 Å². The van der Waals surface area contributed by atoms with Crippen LogP contribution in [0.1, 0.15) is 0 Å². The molecule has 0 bridgehead atoms. The molecule has 0 unspecified atom stereocenters. The summed E-state index contributed by atoms with van der Waals surface area (Å²) in [6.45, 7) is 0. The van der Waals surface area contributed by atoms with Gasteiger partial charge >= 0.3 is 73.1 Å². The predicted molar refractivity (Wildman–Crippen MR) is 8.50 cm³/mol. The molecule has 0 N–H and O–H groups in total. The molecule has 32 valence electrons. The minimum Gasteiger partial charge on any atom is -2.00 e. The molecule has 0 aliphatic heterocycles. The second kappa shape index (κ2) is 85.4. The number of hydrogen-bond donors (Lipinski definition) is 0. The van der Waals surface area contributed by atoms with Crippen LogP contribution in [-0.2, 0) is 48.1 Å². The van der Waals surface area contributed by atoms with Crippen molar-refractivity contribution in [2.24, 2.45) is 0 Å². The SMILES string of the molecule is [Al+3].[Na+].[O-2].[O-2].[O-2].[O-2].[Zr+4]. The van der Waals surface area contributed by atoms with E-state index in [-0.39, 0.29) is 95.0 Å². The van der Waals surface area contributed by atoms with Crippen LogP contribution in [0.4, 0.5) is 0 Å². The standard InChI is InChI=1S/Al.Na.4O.Zr/q+3;+1;4*-2;+4. The van der Waals surface area contributed by atoms with Gasteiger partial charge in [-0.15, -0.1) is 0 Å². The molecule has 0 rings (SSSR count). The number of hydrogen-bond acceptors (Lipinski definition) is 0. The van der Waals surface area contributed by atoms with Gasteiger partial charge in [-0.2, -0.15) is 0 Å². The average Bonchev–Trinajstić information content (AvgIpc) is 0. The second-order valence-corrected chi connectivity index (χ2v) is 0. The van der Waals surface area contributed by atoms with Crippen molar-refractivity contribution < 1.29 is 77.7 Å². The van der Waals surface area contributed by atoms with Crippen molar-refractivity contribution >= 4 is 17.4 Å². The molecular formula is AlNaO4Zr. The fraction of sp³-hybridized carbons (Fsp3) is 0. The molecule has 0 amide bonds. The molecular weight excluding hydrogens is 205 g/mol. The summed E-state index contributed by atoms with van der Waals surface area (Å²) >= 11 is 0. The number of rotatable bonds is 0. The Hall–Kier alpha value is 2.26. The average molecular weight is 205 g/mol. The topological polar surface area (TPSA) is 114 Å². The van der Waals surface area contributed by atoms with Gasteiger partial charge in [0.2, 0.25) is 0 Å². The van der Waals surface area contributed by atoms with Crippen molar-refractivity contribution in [2.45, 2.75) is 0 Å². The van der Waals surface area contributed by atoms with E-state index >= 15 is 0 Å². The first kappa shape index (κ1) is 124. The molecule has 0 aliphatic rings. The maximum absolute atomic E-state index is 0. The van der Waals surface area contributed by atoms with Crippen molar-refractivity contribution in [3.05, 3.63) is 0 Å². The van der Waals surface area contributed by atoms with Crippen LogP contribution in [-0.4, -0.2) is 17.4 Å². The second-order valence-electron chi connectivity index (χ2n) is 0. The largest absolute Gasteiger partial charge is 4.00 e. The van der Waals surface area contributed by atoms with Gasteiger partial charge in [0.25, 0.3) is 0 Å². The van der Waals surface area contributed by atoms with Crippen molar-refractivity contribution in [1.29, 1.82) is 0 Å². The van der Waals surface area contributed by atoms with Crippen LogP contribution in [0.25, 0.3) is 0 Å². The van der Waals surface area contributed by atoms with Gasteiger partial charge in [0, 0.05) is 0 Å². The first-order chi connectivity index (χ1) is 0. The van der Waals surface area contributed by atoms with Crippen LogP contribution < -0.4 is 29.6 Å². The minimum absolute atomic E-state index is 0. The van der Waals surface area contributed by atoms with E-state index in [0.29, 0.717) is 0 Å². The molecule has 0 aliphatic carbocycles. The minimum atomic E-state index is 0. The monoisotopic (exact) mass is 204 g/mol. The zero-order valence-corrected chi connectivity index (χ0v) is 9.32. The Morgan fingerprint density at radius 1 is 0.571 bits per heavy atom. The Labute approximate surface area is 93.8 Å². The van der Waals surface area contributed by atoms with Gasteiger partial charge in [-0.3, -0.25) is 0 Å². The van der Waals surface area contributed by atoms with Crippen LogP contribution in [0.3, 0.4) is 0 Å². The summed E-state index contributed by atoms with van der Waals surface area (Å²) in [5, 5.41) is 0. The molecule has 0 aromatic carbocycles. The van der Waals surface area contributed by atoms with E-state index < -0.39 is 0 Å². The zero-order chi connectivity index (χ0) is 0. The normalized spacial score (nSPS) is 0. The molecule has 0 atom stereocenters. The molecule has 0 aromatic heterocycles. The van der Waals surface area contributed by atoms with Crippen LogP contribution in [0.2, 0.25) is 0 Å². The maximum atomic E-state index is 0. The molecule has 0 heterocycles. The third-order valence-electron chi connectivity index (χ3n) is 0. The summed E-state index contributed by atoms with van der Waals surface area (Å²) in [7, 11) is 0. The quantitative estimate of drug-likeness (QED) is 0.360. The Morgan fingerprint density at radius 3 is 0.571 bits per heavy atom. The molecule has 0 saturated heterocycles. The Balaban J connectivity index is 0. The van der Waals surface area contributed by atoms with Gasteiger partial charge in [0.1, 0.15) is 0 Å². The third kappa shape index (κ3) is 63.5. The first-order valence-electron chi connectivity index (χ1n) is 0. The van der Waals surface area contributed by atoms with Crippen molar-refractivity contribution in [3.8, 4) is 0 Å². The van der Waals surface area contributed by atoms with Gasteiger partial charge in [0.05, 0.1) is 0 Å². The van der Waals surface area contributed by atoms with E-state index in [9.17, 15) is 0 Å². The summed E-state index contributed by atoms with van der Waals surface area (Å²) in [4.78, 5) is 0. The van der Waals surface area contributed by atoms with Gasteiger partial charge < -0.3 is 21.9 Å². The summed E-state index contributed by atoms with van der Waals surface area (Å²) in [5.74, 6) is 0. The fourth-order valence-electron chi connectivity index (χ4n) is 0. The fourth-order valence-corrected chi connectivity index (χ4v) is 0. The van der Waals surface area contributed by atoms with E-state index in [0.717, 1.165) is 0 Å². The summed E-state index contributed by atoms with van der Waals surface area (Å²) in [6.07, 6.45) is 0. The van der Waals surface area contributed by atoms with Crippen molar-refractivity contribution in [1.82, 2.24) is 0 Å². The van der Waals surface area contributed by atoms with Crippen molar-refractivity contribution in [2.75, 3.05) is 0 Å². The maximum Gasteiger partial charge on any atom is 4.00 e. The van der Waals surface area contributed by atoms with Crippen LogP contribution in [0, 0.1) is 0 Å². The molecule has 0 spiro atoms. The molecule has 0 saturated carbocycles. The van der Waals surface area contributed by atoms with Crippen LogP contribution in [0.5, 0.6) is 0 Å². The molecule has 0 fully saturated rings. The smallest absolute Gasteiger partial charge is 2.00 e. The molecule has 0 aromatic rings. The van der Waals surface area contributed by atoms with Crippen molar-refractivity contribution in [3.63, 3.8) is 0 Å². The van der Waals surface area contributed by atoms with Gasteiger partial charge in [0.15, 0.2) is 0 Å². The Kier molecular flexibility index (Phi) is 1510. The third-order valence-corrected chi connectivity index (χ3v) is 0. The molecule has 7 heavy (non-hydrogen) atoms. The molecule has 4 nitrogen and oxygen atoms in total. The summed E-state index contributed by atoms with van der Waals surface area (Å²) in [6, 6.07) is 0. The van der Waals surface area contributed by atoms with E-state index in [1.54, 1.807) is 0 Å².